The van der Waals surface area contributed by atoms with Gasteiger partial charge in [0.1, 0.15) is 5.75 Å². The second-order valence-corrected chi connectivity index (χ2v) is 4.30. The Balaban J connectivity index is 2.71. The molecule has 0 heterocycles. The van der Waals surface area contributed by atoms with Crippen LogP contribution in [0.1, 0.15) is 20.3 Å². The number of anilines is 1. The van der Waals surface area contributed by atoms with Crippen LogP contribution < -0.4 is 15.4 Å². The molecule has 0 aliphatic carbocycles. The van der Waals surface area contributed by atoms with E-state index in [9.17, 15) is 4.79 Å². The van der Waals surface area contributed by atoms with Gasteiger partial charge in [-0.3, -0.25) is 4.79 Å². The Morgan fingerprint density at radius 1 is 1.39 bits per heavy atom. The van der Waals surface area contributed by atoms with Crippen molar-refractivity contribution in [3.63, 3.8) is 0 Å². The van der Waals surface area contributed by atoms with E-state index < -0.39 is 0 Å². The number of nitrogens with two attached hydrogens (primary N) is 1. The number of hydrogen-bond donors (Lipinski definition) is 1. The van der Waals surface area contributed by atoms with Gasteiger partial charge in [-0.1, -0.05) is 6.92 Å². The van der Waals surface area contributed by atoms with Gasteiger partial charge in [0.05, 0.1) is 6.61 Å². The molecule has 4 heteroatoms. The molecule has 0 radical (unpaired) electrons. The first-order chi connectivity index (χ1) is 8.60. The minimum Gasteiger partial charge on any atom is -0.494 e. The van der Waals surface area contributed by atoms with Gasteiger partial charge in [0.15, 0.2) is 0 Å². The molecule has 2 N–H and O–H groups in total. The van der Waals surface area contributed by atoms with Crippen molar-refractivity contribution in [2.75, 3.05) is 25.1 Å². The van der Waals surface area contributed by atoms with E-state index in [4.69, 9.17) is 10.5 Å². The molecule has 1 aromatic rings. The number of carbonyl (C=O) groups is 1. The third-order valence-electron chi connectivity index (χ3n) is 2.89. The highest BCUT2D eigenvalue weighted by atomic mass is 16.5. The van der Waals surface area contributed by atoms with Gasteiger partial charge in [-0.15, -0.1) is 0 Å². The highest BCUT2D eigenvalue weighted by Crippen LogP contribution is 2.20. The summed E-state index contributed by atoms with van der Waals surface area (Å²) in [7, 11) is 1.78. The molecule has 18 heavy (non-hydrogen) atoms. The third-order valence-corrected chi connectivity index (χ3v) is 2.89. The van der Waals surface area contributed by atoms with Gasteiger partial charge >= 0.3 is 0 Å². The summed E-state index contributed by atoms with van der Waals surface area (Å²) in [5.74, 6) is 0.855. The summed E-state index contributed by atoms with van der Waals surface area (Å²) in [6.07, 6.45) is 0.709. The van der Waals surface area contributed by atoms with Crippen LogP contribution in [0.3, 0.4) is 0 Å². The first-order valence-electron chi connectivity index (χ1n) is 6.30. The number of ether oxygens (including phenoxy) is 1. The van der Waals surface area contributed by atoms with Crippen LogP contribution in [0, 0.1) is 5.92 Å². The standard InChI is InChI=1S/C14H22N2O2/c1-4-18-13-7-5-12(6-8-13)16(3)14(17)11(2)9-10-15/h5-8,11H,4,9-10,15H2,1-3H3. The second kappa shape index (κ2) is 7.01. The maximum Gasteiger partial charge on any atom is 0.229 e. The zero-order chi connectivity index (χ0) is 13.5. The fourth-order valence-corrected chi connectivity index (χ4v) is 1.76. The summed E-state index contributed by atoms with van der Waals surface area (Å²) >= 11 is 0. The maximum absolute atomic E-state index is 12.1. The summed E-state index contributed by atoms with van der Waals surface area (Å²) in [5.41, 5.74) is 6.34. The Hall–Kier alpha value is -1.55. The molecule has 4 nitrogen and oxygen atoms in total. The Labute approximate surface area is 109 Å². The Morgan fingerprint density at radius 3 is 2.50 bits per heavy atom. The molecule has 0 fully saturated rings. The van der Waals surface area contributed by atoms with Crippen molar-refractivity contribution in [2.45, 2.75) is 20.3 Å². The van der Waals surface area contributed by atoms with Crippen LogP contribution in [-0.4, -0.2) is 26.1 Å². The van der Waals surface area contributed by atoms with Gasteiger partial charge in [0.2, 0.25) is 5.91 Å². The van der Waals surface area contributed by atoms with Gasteiger partial charge < -0.3 is 15.4 Å². The van der Waals surface area contributed by atoms with Gasteiger partial charge in [-0.2, -0.15) is 0 Å². The fraction of sp³-hybridized carbons (Fsp3) is 0.500. The van der Waals surface area contributed by atoms with Crippen LogP contribution in [0.25, 0.3) is 0 Å². The van der Waals surface area contributed by atoms with E-state index in [-0.39, 0.29) is 11.8 Å². The lowest BCUT2D eigenvalue weighted by molar-refractivity contribution is -0.121. The van der Waals surface area contributed by atoms with Crippen LogP contribution in [-0.2, 0) is 4.79 Å². The van der Waals surface area contributed by atoms with Gasteiger partial charge in [-0.05, 0) is 44.2 Å². The molecule has 1 amide bonds. The lowest BCUT2D eigenvalue weighted by Crippen LogP contribution is -2.32. The molecule has 1 atom stereocenters. The van der Waals surface area contributed by atoms with E-state index in [1.54, 1.807) is 11.9 Å². The van der Waals surface area contributed by atoms with Crippen LogP contribution in [0.2, 0.25) is 0 Å². The minimum absolute atomic E-state index is 0.0495. The number of carbonyl (C=O) groups excluding carboxylic acids is 1. The predicted molar refractivity (Wildman–Crippen MR) is 73.9 cm³/mol. The molecule has 0 spiro atoms. The number of benzene rings is 1. The van der Waals surface area contributed by atoms with Gasteiger partial charge in [-0.25, -0.2) is 0 Å². The summed E-state index contributed by atoms with van der Waals surface area (Å²) in [6.45, 7) is 5.02. The molecule has 0 aliphatic heterocycles. The van der Waals surface area contributed by atoms with E-state index in [1.165, 1.54) is 0 Å². The van der Waals surface area contributed by atoms with E-state index in [1.807, 2.05) is 38.1 Å². The quantitative estimate of drug-likeness (QED) is 0.840. The predicted octanol–water partition coefficient (Wildman–Crippen LogP) is 2.03. The molecule has 0 aliphatic rings. The normalized spacial score (nSPS) is 12.0. The molecule has 0 bridgehead atoms. The molecule has 100 valence electrons. The van der Waals surface area contributed by atoms with E-state index in [0.717, 1.165) is 11.4 Å². The van der Waals surface area contributed by atoms with Gasteiger partial charge in [0, 0.05) is 18.7 Å². The van der Waals surface area contributed by atoms with E-state index in [0.29, 0.717) is 19.6 Å². The van der Waals surface area contributed by atoms with Crippen molar-refractivity contribution in [1.82, 2.24) is 0 Å². The lowest BCUT2D eigenvalue weighted by Gasteiger charge is -2.21. The fourth-order valence-electron chi connectivity index (χ4n) is 1.76. The lowest BCUT2D eigenvalue weighted by atomic mass is 10.1. The number of nitrogens with zero attached hydrogens (tertiary/aromatic N) is 1. The molecule has 1 unspecified atom stereocenters. The summed E-state index contributed by atoms with van der Waals surface area (Å²) in [4.78, 5) is 13.7. The van der Waals surface area contributed by atoms with Crippen molar-refractivity contribution in [2.24, 2.45) is 11.7 Å². The summed E-state index contributed by atoms with van der Waals surface area (Å²) in [6, 6.07) is 7.52. The summed E-state index contributed by atoms with van der Waals surface area (Å²) in [5, 5.41) is 0. The van der Waals surface area contributed by atoms with E-state index >= 15 is 0 Å². The second-order valence-electron chi connectivity index (χ2n) is 4.30. The van der Waals surface area contributed by atoms with E-state index in [2.05, 4.69) is 0 Å². The van der Waals surface area contributed by atoms with Crippen molar-refractivity contribution in [3.8, 4) is 5.75 Å². The highest BCUT2D eigenvalue weighted by molar-refractivity contribution is 5.94. The molecule has 0 saturated heterocycles. The van der Waals surface area contributed by atoms with Crippen LogP contribution in [0.4, 0.5) is 5.69 Å². The van der Waals surface area contributed by atoms with Crippen molar-refractivity contribution in [3.05, 3.63) is 24.3 Å². The first kappa shape index (κ1) is 14.5. The third kappa shape index (κ3) is 3.74. The average molecular weight is 250 g/mol. The molecule has 0 saturated carbocycles. The Kier molecular flexibility index (Phi) is 5.65. The maximum atomic E-state index is 12.1. The van der Waals surface area contributed by atoms with Crippen molar-refractivity contribution in [1.29, 1.82) is 0 Å². The number of hydrogen-bond acceptors (Lipinski definition) is 3. The zero-order valence-corrected chi connectivity index (χ0v) is 11.3. The Bertz CT molecular complexity index is 376. The monoisotopic (exact) mass is 250 g/mol. The summed E-state index contributed by atoms with van der Waals surface area (Å²) < 4.78 is 5.37. The SMILES string of the molecule is CCOc1ccc(N(C)C(=O)C(C)CCN)cc1. The van der Waals surface area contributed by atoms with Crippen LogP contribution in [0.15, 0.2) is 24.3 Å². The van der Waals surface area contributed by atoms with Crippen LogP contribution >= 0.6 is 0 Å². The molecule has 1 aromatic carbocycles. The van der Waals surface area contributed by atoms with Crippen molar-refractivity contribution >= 4 is 11.6 Å². The number of rotatable bonds is 6. The smallest absolute Gasteiger partial charge is 0.229 e. The van der Waals surface area contributed by atoms with Crippen molar-refractivity contribution < 1.29 is 9.53 Å². The molecular weight excluding hydrogens is 228 g/mol. The molecular formula is C14H22N2O2. The first-order valence-corrected chi connectivity index (χ1v) is 6.30. The minimum atomic E-state index is -0.0495. The highest BCUT2D eigenvalue weighted by Gasteiger charge is 2.17. The molecule has 1 rings (SSSR count). The largest absolute Gasteiger partial charge is 0.494 e. The topological polar surface area (TPSA) is 55.6 Å². The Morgan fingerprint density at radius 2 is 2.00 bits per heavy atom. The van der Waals surface area contributed by atoms with Gasteiger partial charge in [0.25, 0.3) is 0 Å². The average Bonchev–Trinajstić information content (AvgIpc) is 2.38. The number of amides is 1. The van der Waals surface area contributed by atoms with Crippen LogP contribution in [0.5, 0.6) is 5.75 Å². The molecule has 0 aromatic heterocycles. The zero-order valence-electron chi connectivity index (χ0n) is 11.3.